The standard InChI is InChI=1S/C12H14BrN3S/c1-16-12(5-6-15-16)11(14)8-17-10-4-2-3-9(13)7-10/h2-7,11H,8,14H2,1H3. The lowest BCUT2D eigenvalue weighted by molar-refractivity contribution is 0.659. The van der Waals surface area contributed by atoms with E-state index in [9.17, 15) is 0 Å². The minimum Gasteiger partial charge on any atom is -0.322 e. The Labute approximate surface area is 114 Å². The highest BCUT2D eigenvalue weighted by atomic mass is 79.9. The maximum atomic E-state index is 6.13. The number of thioether (sulfide) groups is 1. The van der Waals surface area contributed by atoms with Gasteiger partial charge in [-0.3, -0.25) is 4.68 Å². The van der Waals surface area contributed by atoms with E-state index in [1.807, 2.05) is 29.9 Å². The molecule has 0 aliphatic carbocycles. The van der Waals surface area contributed by atoms with Crippen LogP contribution in [0.2, 0.25) is 0 Å². The Hall–Kier alpha value is -0.780. The van der Waals surface area contributed by atoms with Gasteiger partial charge in [0.2, 0.25) is 0 Å². The minimum atomic E-state index is 0.00600. The molecular weight excluding hydrogens is 298 g/mol. The van der Waals surface area contributed by atoms with E-state index in [1.165, 1.54) is 4.90 Å². The summed E-state index contributed by atoms with van der Waals surface area (Å²) in [4.78, 5) is 1.22. The summed E-state index contributed by atoms with van der Waals surface area (Å²) in [5.74, 6) is 0.843. The van der Waals surface area contributed by atoms with Crippen molar-refractivity contribution in [2.45, 2.75) is 10.9 Å². The molecule has 0 aliphatic heterocycles. The number of halogens is 1. The van der Waals surface area contributed by atoms with Crippen molar-refractivity contribution in [2.75, 3.05) is 5.75 Å². The Bertz CT molecular complexity index is 498. The highest BCUT2D eigenvalue weighted by molar-refractivity contribution is 9.10. The Morgan fingerprint density at radius 1 is 1.47 bits per heavy atom. The van der Waals surface area contributed by atoms with Crippen molar-refractivity contribution < 1.29 is 0 Å². The van der Waals surface area contributed by atoms with E-state index >= 15 is 0 Å². The fraction of sp³-hybridized carbons (Fsp3) is 0.250. The first-order valence-electron chi connectivity index (χ1n) is 5.28. The molecule has 0 radical (unpaired) electrons. The molecule has 0 saturated heterocycles. The quantitative estimate of drug-likeness (QED) is 0.883. The van der Waals surface area contributed by atoms with Crippen LogP contribution in [0.3, 0.4) is 0 Å². The van der Waals surface area contributed by atoms with Crippen molar-refractivity contribution in [2.24, 2.45) is 12.8 Å². The maximum Gasteiger partial charge on any atom is 0.0562 e. The Morgan fingerprint density at radius 2 is 2.29 bits per heavy atom. The van der Waals surface area contributed by atoms with Gasteiger partial charge in [-0.2, -0.15) is 5.10 Å². The molecule has 1 atom stereocenters. The molecule has 0 spiro atoms. The molecule has 1 aromatic heterocycles. The van der Waals surface area contributed by atoms with Crippen LogP contribution in [0, 0.1) is 0 Å². The fourth-order valence-electron chi connectivity index (χ4n) is 1.58. The van der Waals surface area contributed by atoms with Crippen LogP contribution in [0.25, 0.3) is 0 Å². The van der Waals surface area contributed by atoms with Gasteiger partial charge < -0.3 is 5.73 Å². The summed E-state index contributed by atoms with van der Waals surface area (Å²) in [5, 5.41) is 4.13. The predicted octanol–water partition coefficient (Wildman–Crippen LogP) is 2.97. The van der Waals surface area contributed by atoms with Gasteiger partial charge in [-0.25, -0.2) is 0 Å². The van der Waals surface area contributed by atoms with E-state index < -0.39 is 0 Å². The van der Waals surface area contributed by atoms with Crippen LogP contribution in [-0.2, 0) is 7.05 Å². The lowest BCUT2D eigenvalue weighted by atomic mass is 10.2. The summed E-state index contributed by atoms with van der Waals surface area (Å²) in [7, 11) is 1.92. The van der Waals surface area contributed by atoms with E-state index in [0.717, 1.165) is 15.9 Å². The van der Waals surface area contributed by atoms with Crippen LogP contribution in [0.5, 0.6) is 0 Å². The van der Waals surface area contributed by atoms with Gasteiger partial charge in [0.25, 0.3) is 0 Å². The minimum absolute atomic E-state index is 0.00600. The van der Waals surface area contributed by atoms with Crippen LogP contribution < -0.4 is 5.73 Å². The Balaban J connectivity index is 1.97. The summed E-state index contributed by atoms with van der Waals surface area (Å²) < 4.78 is 2.92. The summed E-state index contributed by atoms with van der Waals surface area (Å²) >= 11 is 5.21. The molecule has 3 nitrogen and oxygen atoms in total. The van der Waals surface area contributed by atoms with E-state index in [-0.39, 0.29) is 6.04 Å². The van der Waals surface area contributed by atoms with Crippen LogP contribution in [0.1, 0.15) is 11.7 Å². The molecule has 90 valence electrons. The Morgan fingerprint density at radius 3 is 2.94 bits per heavy atom. The monoisotopic (exact) mass is 311 g/mol. The molecule has 5 heteroatoms. The summed E-state index contributed by atoms with van der Waals surface area (Å²) in [6, 6.07) is 10.2. The van der Waals surface area contributed by atoms with E-state index in [4.69, 9.17) is 5.73 Å². The average molecular weight is 312 g/mol. The van der Waals surface area contributed by atoms with Crippen molar-refractivity contribution in [3.05, 3.63) is 46.7 Å². The first-order valence-corrected chi connectivity index (χ1v) is 7.06. The van der Waals surface area contributed by atoms with Gasteiger partial charge in [0, 0.05) is 28.4 Å². The molecule has 17 heavy (non-hydrogen) atoms. The van der Waals surface area contributed by atoms with Gasteiger partial charge in [-0.1, -0.05) is 22.0 Å². The number of aromatic nitrogens is 2. The van der Waals surface area contributed by atoms with Crippen LogP contribution in [-0.4, -0.2) is 15.5 Å². The molecule has 0 bridgehead atoms. The van der Waals surface area contributed by atoms with Crippen LogP contribution in [0.15, 0.2) is 45.9 Å². The van der Waals surface area contributed by atoms with Gasteiger partial charge in [0.05, 0.1) is 11.7 Å². The topological polar surface area (TPSA) is 43.8 Å². The maximum absolute atomic E-state index is 6.13. The van der Waals surface area contributed by atoms with E-state index in [1.54, 1.807) is 18.0 Å². The number of hydrogen-bond acceptors (Lipinski definition) is 3. The van der Waals surface area contributed by atoms with Gasteiger partial charge >= 0.3 is 0 Å². The van der Waals surface area contributed by atoms with E-state index in [0.29, 0.717) is 0 Å². The second-order valence-electron chi connectivity index (χ2n) is 3.75. The smallest absolute Gasteiger partial charge is 0.0562 e. The number of benzene rings is 1. The molecule has 0 amide bonds. The zero-order valence-corrected chi connectivity index (χ0v) is 11.9. The van der Waals surface area contributed by atoms with Gasteiger partial charge in [0.15, 0.2) is 0 Å². The highest BCUT2D eigenvalue weighted by Gasteiger charge is 2.10. The average Bonchev–Trinajstić information content (AvgIpc) is 2.72. The van der Waals surface area contributed by atoms with Gasteiger partial charge in [-0.15, -0.1) is 11.8 Å². The summed E-state index contributed by atoms with van der Waals surface area (Å²) in [5.41, 5.74) is 7.20. The van der Waals surface area contributed by atoms with Crippen molar-refractivity contribution in [1.29, 1.82) is 0 Å². The third-order valence-corrected chi connectivity index (χ3v) is 4.07. The predicted molar refractivity (Wildman–Crippen MR) is 75.0 cm³/mol. The summed E-state index contributed by atoms with van der Waals surface area (Å²) in [6.45, 7) is 0. The number of hydrogen-bond donors (Lipinski definition) is 1. The molecule has 1 aromatic carbocycles. The molecule has 0 aliphatic rings. The normalized spacial score (nSPS) is 12.6. The molecule has 0 fully saturated rings. The molecule has 1 unspecified atom stereocenters. The Kier molecular flexibility index (Phi) is 4.25. The van der Waals surface area contributed by atoms with Crippen molar-refractivity contribution >= 4 is 27.7 Å². The number of aryl methyl sites for hydroxylation is 1. The van der Waals surface area contributed by atoms with Crippen molar-refractivity contribution in [1.82, 2.24) is 9.78 Å². The third kappa shape index (κ3) is 3.34. The number of nitrogens with two attached hydrogens (primary N) is 1. The first-order chi connectivity index (χ1) is 8.16. The molecule has 0 saturated carbocycles. The third-order valence-electron chi connectivity index (χ3n) is 2.46. The van der Waals surface area contributed by atoms with Crippen LogP contribution >= 0.6 is 27.7 Å². The molecule has 2 rings (SSSR count). The fourth-order valence-corrected chi connectivity index (χ4v) is 3.05. The summed E-state index contributed by atoms with van der Waals surface area (Å²) in [6.07, 6.45) is 1.78. The second-order valence-corrected chi connectivity index (χ2v) is 5.76. The molecule has 2 N–H and O–H groups in total. The van der Waals surface area contributed by atoms with Gasteiger partial charge in [-0.05, 0) is 24.3 Å². The second kappa shape index (κ2) is 5.71. The van der Waals surface area contributed by atoms with Crippen molar-refractivity contribution in [3.8, 4) is 0 Å². The largest absolute Gasteiger partial charge is 0.322 e. The van der Waals surface area contributed by atoms with Crippen LogP contribution in [0.4, 0.5) is 0 Å². The number of nitrogens with zero attached hydrogens (tertiary/aromatic N) is 2. The molecule has 2 aromatic rings. The van der Waals surface area contributed by atoms with E-state index in [2.05, 4.69) is 33.2 Å². The first kappa shape index (κ1) is 12.7. The van der Waals surface area contributed by atoms with Crippen molar-refractivity contribution in [3.63, 3.8) is 0 Å². The SMILES string of the molecule is Cn1nccc1C(N)CSc1cccc(Br)c1. The highest BCUT2D eigenvalue weighted by Crippen LogP contribution is 2.25. The lowest BCUT2D eigenvalue weighted by Crippen LogP contribution is -2.16. The molecule has 1 heterocycles. The lowest BCUT2D eigenvalue weighted by Gasteiger charge is -2.11. The zero-order chi connectivity index (χ0) is 12.3. The van der Waals surface area contributed by atoms with Gasteiger partial charge in [0.1, 0.15) is 0 Å². The zero-order valence-electron chi connectivity index (χ0n) is 9.51. The molecular formula is C12H14BrN3S. The number of rotatable bonds is 4.